The first-order chi connectivity index (χ1) is 15.9. The summed E-state index contributed by atoms with van der Waals surface area (Å²) < 4.78 is 34.0. The van der Waals surface area contributed by atoms with Crippen LogP contribution in [0.15, 0.2) is 79.3 Å². The van der Waals surface area contributed by atoms with Gasteiger partial charge in [0.1, 0.15) is 22.9 Å². The Balaban J connectivity index is 1.58. The first kappa shape index (κ1) is 21.8. The summed E-state index contributed by atoms with van der Waals surface area (Å²) in [4.78, 5) is 29.4. The molecule has 7 nitrogen and oxygen atoms in total. The van der Waals surface area contributed by atoms with Crippen molar-refractivity contribution in [2.24, 2.45) is 0 Å². The lowest BCUT2D eigenvalue weighted by atomic mass is 10.1. The number of halogens is 2. The van der Waals surface area contributed by atoms with Gasteiger partial charge in [-0.15, -0.1) is 0 Å². The fourth-order valence-corrected chi connectivity index (χ4v) is 3.06. The molecule has 4 aromatic rings. The highest BCUT2D eigenvalue weighted by molar-refractivity contribution is 6.00. The molecule has 0 aliphatic rings. The number of ether oxygens (including phenoxy) is 1. The Morgan fingerprint density at radius 3 is 2.58 bits per heavy atom. The van der Waals surface area contributed by atoms with E-state index in [9.17, 15) is 18.4 Å². The van der Waals surface area contributed by atoms with E-state index in [1.165, 1.54) is 17.8 Å². The van der Waals surface area contributed by atoms with Crippen molar-refractivity contribution < 1.29 is 23.1 Å². The Labute approximate surface area is 187 Å². The largest absolute Gasteiger partial charge is 0.449 e. The van der Waals surface area contributed by atoms with Gasteiger partial charge in [-0.2, -0.15) is 5.10 Å². The zero-order valence-corrected chi connectivity index (χ0v) is 17.4. The van der Waals surface area contributed by atoms with Crippen molar-refractivity contribution in [3.63, 3.8) is 0 Å². The second-order valence-electron chi connectivity index (χ2n) is 7.07. The van der Waals surface area contributed by atoms with Crippen molar-refractivity contribution in [3.05, 3.63) is 96.5 Å². The lowest BCUT2D eigenvalue weighted by Crippen LogP contribution is -2.30. The number of para-hydroxylation sites is 1. The SMILES string of the molecule is CC(OC(=O)c1cn(-c2ccccc2)nc1-c1cccnc1)C(=O)Nc1cc(F)ccc1F. The molecule has 0 spiro atoms. The van der Waals surface area contributed by atoms with Crippen LogP contribution in [0.25, 0.3) is 16.9 Å². The minimum atomic E-state index is -1.29. The Kier molecular flexibility index (Phi) is 6.21. The van der Waals surface area contributed by atoms with Gasteiger partial charge in [0.05, 0.1) is 11.4 Å². The van der Waals surface area contributed by atoms with Gasteiger partial charge in [-0.25, -0.2) is 18.3 Å². The van der Waals surface area contributed by atoms with Gasteiger partial charge < -0.3 is 10.1 Å². The Morgan fingerprint density at radius 1 is 1.06 bits per heavy atom. The molecular formula is C24H18F2N4O3. The first-order valence-corrected chi connectivity index (χ1v) is 9.95. The van der Waals surface area contributed by atoms with E-state index in [1.807, 2.05) is 30.3 Å². The number of pyridine rings is 1. The average molecular weight is 448 g/mol. The van der Waals surface area contributed by atoms with E-state index >= 15 is 0 Å². The van der Waals surface area contributed by atoms with Crippen molar-refractivity contribution in [2.75, 3.05) is 5.32 Å². The lowest BCUT2D eigenvalue weighted by molar-refractivity contribution is -0.123. The van der Waals surface area contributed by atoms with Gasteiger partial charge in [-0.05, 0) is 43.3 Å². The van der Waals surface area contributed by atoms with Gasteiger partial charge >= 0.3 is 5.97 Å². The predicted octanol–water partition coefficient (Wildman–Crippen LogP) is 4.40. The summed E-state index contributed by atoms with van der Waals surface area (Å²) in [5.41, 5.74) is 1.38. The summed E-state index contributed by atoms with van der Waals surface area (Å²) in [6, 6.07) is 15.3. The molecule has 2 aromatic carbocycles. The number of rotatable bonds is 6. The molecule has 1 atom stereocenters. The van der Waals surface area contributed by atoms with Gasteiger partial charge in [-0.1, -0.05) is 18.2 Å². The number of carbonyl (C=O) groups excluding carboxylic acids is 2. The molecule has 1 amide bonds. The maximum Gasteiger partial charge on any atom is 0.342 e. The second kappa shape index (κ2) is 9.39. The van der Waals surface area contributed by atoms with E-state index in [4.69, 9.17) is 4.74 Å². The summed E-state index contributed by atoms with van der Waals surface area (Å²) in [5, 5.41) is 6.72. The second-order valence-corrected chi connectivity index (χ2v) is 7.07. The van der Waals surface area contributed by atoms with Crippen LogP contribution in [0.1, 0.15) is 17.3 Å². The third-order valence-electron chi connectivity index (χ3n) is 4.73. The van der Waals surface area contributed by atoms with Crippen molar-refractivity contribution in [1.29, 1.82) is 0 Å². The van der Waals surface area contributed by atoms with E-state index < -0.39 is 29.6 Å². The molecule has 0 bridgehead atoms. The standard InChI is InChI=1S/C24H18F2N4O3/c1-15(23(31)28-21-12-17(25)9-10-20(21)26)33-24(32)19-14-30(18-7-3-2-4-8-18)29-22(19)16-6-5-11-27-13-16/h2-15H,1H3,(H,28,31). The van der Waals surface area contributed by atoms with Gasteiger partial charge in [0, 0.05) is 30.2 Å². The van der Waals surface area contributed by atoms with Crippen LogP contribution in [0, 0.1) is 11.6 Å². The van der Waals surface area contributed by atoms with Crippen molar-refractivity contribution in [3.8, 4) is 16.9 Å². The molecule has 1 N–H and O–H groups in total. The molecule has 0 saturated carbocycles. The van der Waals surface area contributed by atoms with Gasteiger partial charge in [0.2, 0.25) is 0 Å². The number of aromatic nitrogens is 3. The number of nitrogens with zero attached hydrogens (tertiary/aromatic N) is 3. The number of anilines is 1. The highest BCUT2D eigenvalue weighted by Gasteiger charge is 2.25. The maximum absolute atomic E-state index is 13.8. The molecule has 9 heteroatoms. The molecule has 0 radical (unpaired) electrons. The predicted molar refractivity (Wildman–Crippen MR) is 117 cm³/mol. The molecule has 4 rings (SSSR count). The molecule has 0 fully saturated rings. The minimum Gasteiger partial charge on any atom is -0.449 e. The quantitative estimate of drug-likeness (QED) is 0.442. The molecule has 2 heterocycles. The number of nitrogens with one attached hydrogen (secondary N) is 1. The van der Waals surface area contributed by atoms with Crippen LogP contribution in [-0.4, -0.2) is 32.7 Å². The van der Waals surface area contributed by atoms with E-state index in [1.54, 1.807) is 24.5 Å². The van der Waals surface area contributed by atoms with Crippen LogP contribution < -0.4 is 5.32 Å². The number of carbonyl (C=O) groups is 2. The number of amides is 1. The molecule has 166 valence electrons. The maximum atomic E-state index is 13.8. The fraction of sp³-hybridized carbons (Fsp3) is 0.0833. The molecule has 0 saturated heterocycles. The number of esters is 1. The van der Waals surface area contributed by atoms with Crippen molar-refractivity contribution in [2.45, 2.75) is 13.0 Å². The van der Waals surface area contributed by atoms with Gasteiger partial charge in [0.15, 0.2) is 6.10 Å². The van der Waals surface area contributed by atoms with E-state index in [2.05, 4.69) is 15.4 Å². The van der Waals surface area contributed by atoms with Gasteiger partial charge in [0.25, 0.3) is 5.91 Å². The highest BCUT2D eigenvalue weighted by atomic mass is 19.1. The monoisotopic (exact) mass is 448 g/mol. The minimum absolute atomic E-state index is 0.114. The van der Waals surface area contributed by atoms with Crippen molar-refractivity contribution in [1.82, 2.24) is 14.8 Å². The number of hydrogen-bond donors (Lipinski definition) is 1. The Bertz CT molecular complexity index is 1290. The zero-order chi connectivity index (χ0) is 23.4. The van der Waals surface area contributed by atoms with E-state index in [0.717, 1.165) is 18.2 Å². The van der Waals surface area contributed by atoms with Crippen LogP contribution in [0.5, 0.6) is 0 Å². The third kappa shape index (κ3) is 4.93. The first-order valence-electron chi connectivity index (χ1n) is 9.95. The van der Waals surface area contributed by atoms with Gasteiger partial charge in [-0.3, -0.25) is 9.78 Å². The summed E-state index contributed by atoms with van der Waals surface area (Å²) in [6.07, 6.45) is 3.35. The van der Waals surface area contributed by atoms with E-state index in [0.29, 0.717) is 16.9 Å². The topological polar surface area (TPSA) is 86.1 Å². The summed E-state index contributed by atoms with van der Waals surface area (Å²) in [5.74, 6) is -3.15. The van der Waals surface area contributed by atoms with Crippen LogP contribution in [0.3, 0.4) is 0 Å². The molecule has 2 aromatic heterocycles. The Hall–Kier alpha value is -4.40. The molecule has 0 aliphatic heterocycles. The summed E-state index contributed by atoms with van der Waals surface area (Å²) in [7, 11) is 0. The van der Waals surface area contributed by atoms with E-state index in [-0.39, 0.29) is 11.3 Å². The third-order valence-corrected chi connectivity index (χ3v) is 4.73. The van der Waals surface area contributed by atoms with Crippen LogP contribution >= 0.6 is 0 Å². The number of hydrogen-bond acceptors (Lipinski definition) is 5. The van der Waals surface area contributed by atoms with Crippen LogP contribution in [0.2, 0.25) is 0 Å². The molecular weight excluding hydrogens is 430 g/mol. The lowest BCUT2D eigenvalue weighted by Gasteiger charge is -2.14. The number of benzene rings is 2. The highest BCUT2D eigenvalue weighted by Crippen LogP contribution is 2.24. The smallest absolute Gasteiger partial charge is 0.342 e. The molecule has 33 heavy (non-hydrogen) atoms. The molecule has 0 aliphatic carbocycles. The Morgan fingerprint density at radius 2 is 1.85 bits per heavy atom. The fourth-order valence-electron chi connectivity index (χ4n) is 3.06. The molecule has 1 unspecified atom stereocenters. The normalized spacial score (nSPS) is 11.6. The summed E-state index contributed by atoms with van der Waals surface area (Å²) in [6.45, 7) is 1.33. The zero-order valence-electron chi connectivity index (χ0n) is 17.4. The average Bonchev–Trinajstić information content (AvgIpc) is 3.28. The van der Waals surface area contributed by atoms with Crippen LogP contribution in [0.4, 0.5) is 14.5 Å². The van der Waals surface area contributed by atoms with Crippen molar-refractivity contribution >= 4 is 17.6 Å². The summed E-state index contributed by atoms with van der Waals surface area (Å²) >= 11 is 0. The van der Waals surface area contributed by atoms with Crippen LogP contribution in [-0.2, 0) is 9.53 Å².